The largest absolute Gasteiger partial charge is 0.465 e. The lowest BCUT2D eigenvalue weighted by Gasteiger charge is -2.35. The van der Waals surface area contributed by atoms with Gasteiger partial charge in [0.1, 0.15) is 10.8 Å². The molecule has 150 valence electrons. The number of aryl methyl sites for hydroxylation is 1. The van der Waals surface area contributed by atoms with Crippen LogP contribution >= 0.6 is 11.3 Å². The SMILES string of the molecule is COC(=O)c1c(NC(=O)CN2CCN(c3ccc(F)cc3)CC2)sc(C)c1C. The molecule has 0 bridgehead atoms. The van der Waals surface area contributed by atoms with Crippen LogP contribution in [0.5, 0.6) is 0 Å². The highest BCUT2D eigenvalue weighted by atomic mass is 32.1. The van der Waals surface area contributed by atoms with Gasteiger partial charge in [0.2, 0.25) is 5.91 Å². The van der Waals surface area contributed by atoms with Crippen LogP contribution in [0.1, 0.15) is 20.8 Å². The van der Waals surface area contributed by atoms with Crippen molar-refractivity contribution in [3.8, 4) is 0 Å². The molecule has 1 aliphatic rings. The summed E-state index contributed by atoms with van der Waals surface area (Å²) < 4.78 is 17.9. The number of anilines is 2. The first-order valence-corrected chi connectivity index (χ1v) is 9.91. The van der Waals surface area contributed by atoms with Crippen molar-refractivity contribution in [2.45, 2.75) is 13.8 Å². The topological polar surface area (TPSA) is 61.9 Å². The van der Waals surface area contributed by atoms with E-state index in [0.29, 0.717) is 10.6 Å². The number of amides is 1. The molecule has 28 heavy (non-hydrogen) atoms. The van der Waals surface area contributed by atoms with Gasteiger partial charge in [-0.2, -0.15) is 0 Å². The highest BCUT2D eigenvalue weighted by Crippen LogP contribution is 2.32. The predicted octanol–water partition coefficient (Wildman–Crippen LogP) is 3.05. The third kappa shape index (κ3) is 4.51. The van der Waals surface area contributed by atoms with Crippen molar-refractivity contribution in [1.82, 2.24) is 4.90 Å². The number of nitrogens with zero attached hydrogens (tertiary/aromatic N) is 2. The number of nitrogens with one attached hydrogen (secondary N) is 1. The van der Waals surface area contributed by atoms with Gasteiger partial charge < -0.3 is 15.0 Å². The molecule has 0 spiro atoms. The van der Waals surface area contributed by atoms with E-state index in [1.165, 1.54) is 30.6 Å². The number of methoxy groups -OCH3 is 1. The van der Waals surface area contributed by atoms with Gasteiger partial charge in [-0.05, 0) is 43.7 Å². The second-order valence-electron chi connectivity index (χ2n) is 6.77. The van der Waals surface area contributed by atoms with Crippen molar-refractivity contribution in [2.75, 3.05) is 50.1 Å². The van der Waals surface area contributed by atoms with Crippen LogP contribution in [0, 0.1) is 19.7 Å². The van der Waals surface area contributed by atoms with Crippen molar-refractivity contribution in [2.24, 2.45) is 0 Å². The first kappa shape index (κ1) is 20.3. The number of esters is 1. The lowest BCUT2D eigenvalue weighted by Crippen LogP contribution is -2.48. The highest BCUT2D eigenvalue weighted by Gasteiger charge is 2.23. The molecular weight excluding hydrogens is 381 g/mol. The van der Waals surface area contributed by atoms with Crippen LogP contribution in [0.15, 0.2) is 24.3 Å². The molecule has 1 amide bonds. The Labute approximate surface area is 167 Å². The summed E-state index contributed by atoms with van der Waals surface area (Å²) in [5, 5.41) is 3.40. The second kappa shape index (κ2) is 8.70. The molecule has 0 saturated carbocycles. The molecule has 3 rings (SSSR count). The zero-order chi connectivity index (χ0) is 20.3. The zero-order valence-corrected chi connectivity index (χ0v) is 17.1. The molecule has 2 heterocycles. The van der Waals surface area contributed by atoms with Gasteiger partial charge in [-0.3, -0.25) is 9.69 Å². The van der Waals surface area contributed by atoms with Crippen LogP contribution in [-0.2, 0) is 9.53 Å². The number of hydrogen-bond acceptors (Lipinski definition) is 6. The first-order valence-electron chi connectivity index (χ1n) is 9.10. The summed E-state index contributed by atoms with van der Waals surface area (Å²) in [7, 11) is 1.33. The minimum atomic E-state index is -0.440. The number of rotatable bonds is 5. The number of benzene rings is 1. The summed E-state index contributed by atoms with van der Waals surface area (Å²) in [6, 6.07) is 6.46. The molecule has 1 N–H and O–H groups in total. The van der Waals surface area contributed by atoms with Crippen LogP contribution in [0.4, 0.5) is 15.1 Å². The normalized spacial score (nSPS) is 14.8. The van der Waals surface area contributed by atoms with Crippen molar-refractivity contribution in [3.63, 3.8) is 0 Å². The monoisotopic (exact) mass is 405 g/mol. The van der Waals surface area contributed by atoms with Gasteiger partial charge in [0.05, 0.1) is 19.2 Å². The Kier molecular flexibility index (Phi) is 6.31. The van der Waals surface area contributed by atoms with E-state index in [-0.39, 0.29) is 18.3 Å². The van der Waals surface area contributed by atoms with Crippen molar-refractivity contribution in [3.05, 3.63) is 46.1 Å². The Balaban J connectivity index is 1.56. The average molecular weight is 405 g/mol. The molecule has 8 heteroatoms. The van der Waals surface area contributed by atoms with Gasteiger partial charge in [-0.1, -0.05) is 0 Å². The Morgan fingerprint density at radius 2 is 1.79 bits per heavy atom. The Morgan fingerprint density at radius 1 is 1.14 bits per heavy atom. The molecule has 0 unspecified atom stereocenters. The minimum absolute atomic E-state index is 0.151. The second-order valence-corrected chi connectivity index (χ2v) is 7.99. The lowest BCUT2D eigenvalue weighted by atomic mass is 10.1. The molecule has 1 aliphatic heterocycles. The van der Waals surface area contributed by atoms with Crippen molar-refractivity contribution >= 4 is 33.9 Å². The summed E-state index contributed by atoms with van der Waals surface area (Å²) in [6.45, 7) is 7.02. The van der Waals surface area contributed by atoms with Gasteiger partial charge in [-0.25, -0.2) is 9.18 Å². The summed E-state index contributed by atoms with van der Waals surface area (Å²) in [4.78, 5) is 29.7. The molecule has 1 aromatic heterocycles. The van der Waals surface area contributed by atoms with E-state index < -0.39 is 5.97 Å². The fourth-order valence-electron chi connectivity index (χ4n) is 3.25. The maximum atomic E-state index is 13.1. The third-order valence-corrected chi connectivity index (χ3v) is 6.08. The van der Waals surface area contributed by atoms with Gasteiger partial charge in [0.15, 0.2) is 0 Å². The van der Waals surface area contributed by atoms with E-state index in [0.717, 1.165) is 42.3 Å². The van der Waals surface area contributed by atoms with Crippen LogP contribution in [-0.4, -0.2) is 56.6 Å². The average Bonchev–Trinajstić information content (AvgIpc) is 2.95. The van der Waals surface area contributed by atoms with E-state index in [9.17, 15) is 14.0 Å². The minimum Gasteiger partial charge on any atom is -0.465 e. The van der Waals surface area contributed by atoms with Gasteiger partial charge in [-0.15, -0.1) is 11.3 Å². The van der Waals surface area contributed by atoms with E-state index in [1.54, 1.807) is 12.1 Å². The van der Waals surface area contributed by atoms with Gasteiger partial charge in [0, 0.05) is 36.7 Å². The molecular formula is C20H24FN3O3S. The Hall–Kier alpha value is -2.45. The molecule has 6 nitrogen and oxygen atoms in total. The Morgan fingerprint density at radius 3 is 2.39 bits per heavy atom. The van der Waals surface area contributed by atoms with Gasteiger partial charge >= 0.3 is 5.97 Å². The van der Waals surface area contributed by atoms with Crippen molar-refractivity contribution < 1.29 is 18.7 Å². The van der Waals surface area contributed by atoms with E-state index in [1.807, 2.05) is 13.8 Å². The Bertz CT molecular complexity index is 858. The lowest BCUT2D eigenvalue weighted by molar-refractivity contribution is -0.117. The molecule has 1 fully saturated rings. The maximum Gasteiger partial charge on any atom is 0.341 e. The fourth-order valence-corrected chi connectivity index (χ4v) is 4.31. The van der Waals surface area contributed by atoms with Gasteiger partial charge in [0.25, 0.3) is 0 Å². The summed E-state index contributed by atoms with van der Waals surface area (Å²) in [6.07, 6.45) is 0. The predicted molar refractivity (Wildman–Crippen MR) is 109 cm³/mol. The van der Waals surface area contributed by atoms with Crippen LogP contribution in [0.3, 0.4) is 0 Å². The third-order valence-electron chi connectivity index (χ3n) is 4.96. The number of halogens is 1. The molecule has 0 radical (unpaired) electrons. The zero-order valence-electron chi connectivity index (χ0n) is 16.3. The molecule has 0 aliphatic carbocycles. The van der Waals surface area contributed by atoms with E-state index in [2.05, 4.69) is 15.1 Å². The summed E-state index contributed by atoms with van der Waals surface area (Å²) in [5.74, 6) is -0.837. The number of piperazine rings is 1. The highest BCUT2D eigenvalue weighted by molar-refractivity contribution is 7.16. The van der Waals surface area contributed by atoms with E-state index in [4.69, 9.17) is 4.74 Å². The maximum absolute atomic E-state index is 13.1. The summed E-state index contributed by atoms with van der Waals surface area (Å²) >= 11 is 1.38. The molecule has 1 saturated heterocycles. The number of ether oxygens (including phenoxy) is 1. The number of hydrogen-bond donors (Lipinski definition) is 1. The standard InChI is InChI=1S/C20H24FN3O3S/c1-13-14(2)28-19(18(13)20(26)27-3)22-17(25)12-23-8-10-24(11-9-23)16-6-4-15(21)5-7-16/h4-7H,8-12H2,1-3H3,(H,22,25). The number of thiophene rings is 1. The number of carbonyl (C=O) groups is 2. The van der Waals surface area contributed by atoms with E-state index >= 15 is 0 Å². The smallest absolute Gasteiger partial charge is 0.341 e. The quantitative estimate of drug-likeness (QED) is 0.775. The molecule has 1 aromatic carbocycles. The van der Waals surface area contributed by atoms with Crippen LogP contribution < -0.4 is 10.2 Å². The van der Waals surface area contributed by atoms with Crippen LogP contribution in [0.25, 0.3) is 0 Å². The summed E-state index contributed by atoms with van der Waals surface area (Å²) in [5.41, 5.74) is 2.25. The van der Waals surface area contributed by atoms with Crippen LogP contribution in [0.2, 0.25) is 0 Å². The fraction of sp³-hybridized carbons (Fsp3) is 0.400. The number of carbonyl (C=O) groups excluding carboxylic acids is 2. The van der Waals surface area contributed by atoms with Crippen molar-refractivity contribution in [1.29, 1.82) is 0 Å². The molecule has 2 aromatic rings. The first-order chi connectivity index (χ1) is 13.4. The molecule has 0 atom stereocenters.